The Morgan fingerprint density at radius 2 is 2.03 bits per heavy atom. The summed E-state index contributed by atoms with van der Waals surface area (Å²) < 4.78 is 0. The van der Waals surface area contributed by atoms with Crippen LogP contribution in [0, 0.1) is 0 Å². The van der Waals surface area contributed by atoms with Crippen molar-refractivity contribution in [2.24, 2.45) is 0 Å². The van der Waals surface area contributed by atoms with E-state index in [0.717, 1.165) is 54.7 Å². The van der Waals surface area contributed by atoms with Crippen LogP contribution in [0.1, 0.15) is 44.2 Å². The summed E-state index contributed by atoms with van der Waals surface area (Å²) in [4.78, 5) is 32.7. The van der Waals surface area contributed by atoms with E-state index in [2.05, 4.69) is 25.6 Å². The molecule has 3 aromatic rings. The number of carboxylic acids is 1. The van der Waals surface area contributed by atoms with Crippen LogP contribution in [0.5, 0.6) is 0 Å². The summed E-state index contributed by atoms with van der Waals surface area (Å²) in [6.07, 6.45) is 6.25. The zero-order valence-corrected chi connectivity index (χ0v) is 19.0. The van der Waals surface area contributed by atoms with Crippen molar-refractivity contribution in [1.82, 2.24) is 24.8 Å². The Bertz CT molecular complexity index is 1100. The first-order valence-corrected chi connectivity index (χ1v) is 12.1. The SMILES string of the molecule is O=C(O)[C@@H]1CCCN1Cc1cc(Nc2nc3cccnc3s2)nc(NC2CCC(O)CC2)n1. The molecule has 4 heterocycles. The molecule has 174 valence electrons. The summed E-state index contributed by atoms with van der Waals surface area (Å²) in [7, 11) is 0. The summed E-state index contributed by atoms with van der Waals surface area (Å²) in [5.74, 6) is 0.311. The number of nitrogens with one attached hydrogen (secondary N) is 2. The van der Waals surface area contributed by atoms with Crippen LogP contribution in [0.25, 0.3) is 10.3 Å². The molecule has 11 heteroatoms. The van der Waals surface area contributed by atoms with Gasteiger partial charge in [0.25, 0.3) is 0 Å². The molecule has 0 unspecified atom stereocenters. The van der Waals surface area contributed by atoms with Gasteiger partial charge < -0.3 is 20.8 Å². The second kappa shape index (κ2) is 9.54. The molecule has 0 amide bonds. The molecule has 1 saturated carbocycles. The van der Waals surface area contributed by atoms with Crippen molar-refractivity contribution >= 4 is 44.6 Å². The Morgan fingerprint density at radius 3 is 2.82 bits per heavy atom. The van der Waals surface area contributed by atoms with Gasteiger partial charge in [-0.05, 0) is 57.2 Å². The summed E-state index contributed by atoms with van der Waals surface area (Å²) in [6, 6.07) is 5.34. The van der Waals surface area contributed by atoms with E-state index < -0.39 is 12.0 Å². The number of pyridine rings is 1. The number of hydrogen-bond acceptors (Lipinski definition) is 10. The van der Waals surface area contributed by atoms with Crippen molar-refractivity contribution in [1.29, 1.82) is 0 Å². The number of fused-ring (bicyclic) bond motifs is 1. The molecule has 1 atom stereocenters. The van der Waals surface area contributed by atoms with Gasteiger partial charge in [-0.3, -0.25) is 9.69 Å². The van der Waals surface area contributed by atoms with Gasteiger partial charge in [0.15, 0.2) is 5.13 Å². The number of carboxylic acid groups (broad SMARTS) is 1. The number of anilines is 3. The Hall–Kier alpha value is -2.89. The number of rotatable bonds is 7. The maximum atomic E-state index is 11.6. The lowest BCUT2D eigenvalue weighted by Crippen LogP contribution is -2.35. The number of hydrogen-bond donors (Lipinski definition) is 4. The maximum Gasteiger partial charge on any atom is 0.320 e. The molecular weight excluding hydrogens is 442 g/mol. The third-order valence-corrected chi connectivity index (χ3v) is 7.12. The molecule has 1 aliphatic heterocycles. The maximum absolute atomic E-state index is 11.6. The molecule has 0 bridgehead atoms. The van der Waals surface area contributed by atoms with Gasteiger partial charge in [0.2, 0.25) is 5.95 Å². The van der Waals surface area contributed by atoms with Crippen molar-refractivity contribution in [2.75, 3.05) is 17.2 Å². The summed E-state index contributed by atoms with van der Waals surface area (Å²) in [5.41, 5.74) is 1.57. The molecule has 2 fully saturated rings. The van der Waals surface area contributed by atoms with Crippen LogP contribution in [0.15, 0.2) is 24.4 Å². The van der Waals surface area contributed by atoms with Crippen molar-refractivity contribution < 1.29 is 15.0 Å². The van der Waals surface area contributed by atoms with Crippen molar-refractivity contribution in [3.63, 3.8) is 0 Å². The Balaban J connectivity index is 1.39. The lowest BCUT2D eigenvalue weighted by Gasteiger charge is -2.26. The van der Waals surface area contributed by atoms with Gasteiger partial charge in [-0.15, -0.1) is 0 Å². The van der Waals surface area contributed by atoms with Crippen molar-refractivity contribution in [3.8, 4) is 0 Å². The normalized spacial score (nSPS) is 23.6. The second-order valence-electron chi connectivity index (χ2n) is 8.66. The van der Waals surface area contributed by atoms with Crippen LogP contribution in [-0.4, -0.2) is 65.8 Å². The summed E-state index contributed by atoms with van der Waals surface area (Å²) >= 11 is 1.45. The fourth-order valence-corrected chi connectivity index (χ4v) is 5.36. The fourth-order valence-electron chi connectivity index (χ4n) is 4.55. The first kappa shape index (κ1) is 21.9. The molecule has 0 aromatic carbocycles. The molecule has 5 rings (SSSR count). The lowest BCUT2D eigenvalue weighted by atomic mass is 9.93. The number of aliphatic carboxylic acids is 1. The van der Waals surface area contributed by atoms with E-state index in [4.69, 9.17) is 4.98 Å². The number of nitrogens with zero attached hydrogens (tertiary/aromatic N) is 5. The van der Waals surface area contributed by atoms with Crippen LogP contribution in [0.2, 0.25) is 0 Å². The third kappa shape index (κ3) is 5.21. The highest BCUT2D eigenvalue weighted by Crippen LogP contribution is 2.28. The van der Waals surface area contributed by atoms with Gasteiger partial charge in [0, 0.05) is 24.8 Å². The number of aliphatic hydroxyl groups is 1. The number of aliphatic hydroxyl groups excluding tert-OH is 1. The van der Waals surface area contributed by atoms with Crippen LogP contribution < -0.4 is 10.6 Å². The van der Waals surface area contributed by atoms with E-state index in [1.54, 1.807) is 6.20 Å². The Labute approximate surface area is 195 Å². The minimum Gasteiger partial charge on any atom is -0.480 e. The van der Waals surface area contributed by atoms with E-state index >= 15 is 0 Å². The summed E-state index contributed by atoms with van der Waals surface area (Å²) in [6.45, 7) is 1.17. The lowest BCUT2D eigenvalue weighted by molar-refractivity contribution is -0.142. The Morgan fingerprint density at radius 1 is 1.18 bits per heavy atom. The standard InChI is InChI=1S/C22H27N7O3S/c30-15-7-5-13(6-8-15)24-21-25-14(12-29-10-2-4-17(29)20(31)32)11-18(27-21)28-22-26-16-3-1-9-23-19(16)33-22/h1,3,9,11,13,15,17,30H,2,4-8,10,12H2,(H,31,32)(H2,24,25,26,27,28)/t13?,15?,17-/m0/s1. The molecule has 3 aromatic heterocycles. The predicted octanol–water partition coefficient (Wildman–Crippen LogP) is 2.99. The van der Waals surface area contributed by atoms with Gasteiger partial charge in [-0.25, -0.2) is 15.0 Å². The predicted molar refractivity (Wildman–Crippen MR) is 126 cm³/mol. The van der Waals surface area contributed by atoms with E-state index in [-0.39, 0.29) is 12.1 Å². The van der Waals surface area contributed by atoms with Gasteiger partial charge in [0.1, 0.15) is 22.2 Å². The number of likely N-dealkylation sites (tertiary alicyclic amines) is 1. The van der Waals surface area contributed by atoms with Gasteiger partial charge in [0.05, 0.1) is 11.8 Å². The quantitative estimate of drug-likeness (QED) is 0.409. The molecule has 0 radical (unpaired) electrons. The second-order valence-corrected chi connectivity index (χ2v) is 9.63. The number of aromatic nitrogens is 4. The fraction of sp³-hybridized carbons (Fsp3) is 0.500. The minimum absolute atomic E-state index is 0.196. The molecule has 1 saturated heterocycles. The first-order valence-electron chi connectivity index (χ1n) is 11.3. The molecule has 4 N–H and O–H groups in total. The minimum atomic E-state index is -0.791. The first-order chi connectivity index (χ1) is 16.0. The largest absolute Gasteiger partial charge is 0.480 e. The highest BCUT2D eigenvalue weighted by atomic mass is 32.1. The topological polar surface area (TPSA) is 136 Å². The van der Waals surface area contributed by atoms with E-state index in [1.165, 1.54) is 11.3 Å². The van der Waals surface area contributed by atoms with E-state index in [0.29, 0.717) is 29.9 Å². The average Bonchev–Trinajstić information content (AvgIpc) is 3.41. The monoisotopic (exact) mass is 469 g/mol. The van der Waals surface area contributed by atoms with Gasteiger partial charge >= 0.3 is 5.97 Å². The Kier molecular flexibility index (Phi) is 6.34. The van der Waals surface area contributed by atoms with Crippen LogP contribution in [0.3, 0.4) is 0 Å². The van der Waals surface area contributed by atoms with Crippen LogP contribution in [-0.2, 0) is 11.3 Å². The molecule has 0 spiro atoms. The smallest absolute Gasteiger partial charge is 0.320 e. The number of carbonyl (C=O) groups is 1. The van der Waals surface area contributed by atoms with E-state index in [1.807, 2.05) is 23.1 Å². The zero-order chi connectivity index (χ0) is 22.8. The van der Waals surface area contributed by atoms with Crippen molar-refractivity contribution in [2.45, 2.75) is 63.3 Å². The molecule has 10 nitrogen and oxygen atoms in total. The van der Waals surface area contributed by atoms with Gasteiger partial charge in [-0.1, -0.05) is 11.3 Å². The van der Waals surface area contributed by atoms with Crippen LogP contribution in [0.4, 0.5) is 16.9 Å². The molecule has 1 aliphatic carbocycles. The average molecular weight is 470 g/mol. The summed E-state index contributed by atoms with van der Waals surface area (Å²) in [5, 5.41) is 26.7. The number of thiazole rings is 1. The highest BCUT2D eigenvalue weighted by molar-refractivity contribution is 7.21. The highest BCUT2D eigenvalue weighted by Gasteiger charge is 2.31. The van der Waals surface area contributed by atoms with Gasteiger partial charge in [-0.2, -0.15) is 4.98 Å². The van der Waals surface area contributed by atoms with E-state index in [9.17, 15) is 15.0 Å². The van der Waals surface area contributed by atoms with Crippen LogP contribution >= 0.6 is 11.3 Å². The zero-order valence-electron chi connectivity index (χ0n) is 18.1. The van der Waals surface area contributed by atoms with Crippen molar-refractivity contribution in [3.05, 3.63) is 30.1 Å². The molecular formula is C22H27N7O3S. The third-order valence-electron chi connectivity index (χ3n) is 6.22. The molecule has 33 heavy (non-hydrogen) atoms. The molecule has 2 aliphatic rings.